The highest BCUT2D eigenvalue weighted by Gasteiger charge is 2.09. The quantitative estimate of drug-likeness (QED) is 0.808. The molecule has 1 heterocycles. The van der Waals surface area contributed by atoms with E-state index >= 15 is 0 Å². The van der Waals surface area contributed by atoms with E-state index in [0.29, 0.717) is 11.0 Å². The molecule has 15 heavy (non-hydrogen) atoms. The second kappa shape index (κ2) is 3.46. The van der Waals surface area contributed by atoms with Crippen molar-refractivity contribution in [3.63, 3.8) is 0 Å². The van der Waals surface area contributed by atoms with Crippen LogP contribution in [0.15, 0.2) is 28.9 Å². The summed E-state index contributed by atoms with van der Waals surface area (Å²) in [6.45, 7) is 0. The van der Waals surface area contributed by atoms with Crippen molar-refractivity contribution in [1.82, 2.24) is 0 Å². The maximum Gasteiger partial charge on any atom is 0.335 e. The van der Waals surface area contributed by atoms with Crippen LogP contribution in [0.4, 0.5) is 0 Å². The van der Waals surface area contributed by atoms with Crippen LogP contribution in [-0.4, -0.2) is 11.1 Å². The molecule has 1 aromatic carbocycles. The monoisotopic (exact) mass is 201 g/mol. The SMILES string of the molecule is N#CCc1coc2ccc(C(=O)O)cc12. The van der Waals surface area contributed by atoms with Gasteiger partial charge in [0.1, 0.15) is 5.58 Å². The summed E-state index contributed by atoms with van der Waals surface area (Å²) in [5.74, 6) is -0.985. The maximum absolute atomic E-state index is 10.7. The Kier molecular flexibility index (Phi) is 2.14. The summed E-state index contributed by atoms with van der Waals surface area (Å²) in [5.41, 5.74) is 1.52. The zero-order chi connectivity index (χ0) is 10.8. The molecular formula is C11H7NO3. The molecule has 74 valence electrons. The van der Waals surface area contributed by atoms with Crippen molar-refractivity contribution in [2.75, 3.05) is 0 Å². The van der Waals surface area contributed by atoms with Crippen LogP contribution >= 0.6 is 0 Å². The topological polar surface area (TPSA) is 74.2 Å². The highest BCUT2D eigenvalue weighted by molar-refractivity contribution is 5.94. The predicted octanol–water partition coefficient (Wildman–Crippen LogP) is 2.20. The van der Waals surface area contributed by atoms with E-state index in [-0.39, 0.29) is 12.0 Å². The van der Waals surface area contributed by atoms with Gasteiger partial charge in [-0.2, -0.15) is 5.26 Å². The number of rotatable bonds is 2. The van der Waals surface area contributed by atoms with E-state index in [1.807, 2.05) is 6.07 Å². The molecule has 0 amide bonds. The van der Waals surface area contributed by atoms with Crippen molar-refractivity contribution in [1.29, 1.82) is 5.26 Å². The van der Waals surface area contributed by atoms with Gasteiger partial charge in [0.25, 0.3) is 0 Å². The van der Waals surface area contributed by atoms with Crippen LogP contribution < -0.4 is 0 Å². The van der Waals surface area contributed by atoms with E-state index in [2.05, 4.69) is 0 Å². The minimum absolute atomic E-state index is 0.197. The molecule has 0 saturated heterocycles. The number of hydrogen-bond acceptors (Lipinski definition) is 3. The van der Waals surface area contributed by atoms with Crippen LogP contribution in [0.5, 0.6) is 0 Å². The molecule has 0 unspecified atom stereocenters. The number of nitrogens with zero attached hydrogens (tertiary/aromatic N) is 1. The molecule has 0 radical (unpaired) electrons. The van der Waals surface area contributed by atoms with Gasteiger partial charge >= 0.3 is 5.97 Å². The fourth-order valence-electron chi connectivity index (χ4n) is 1.44. The molecular weight excluding hydrogens is 194 g/mol. The average Bonchev–Trinajstić information content (AvgIpc) is 2.61. The lowest BCUT2D eigenvalue weighted by molar-refractivity contribution is 0.0697. The summed E-state index contributed by atoms with van der Waals surface area (Å²) in [6.07, 6.45) is 1.70. The molecule has 0 fully saturated rings. The van der Waals surface area contributed by atoms with Crippen molar-refractivity contribution >= 4 is 16.9 Å². The van der Waals surface area contributed by atoms with Crippen LogP contribution in [0.25, 0.3) is 11.0 Å². The molecule has 0 aliphatic carbocycles. The molecule has 0 saturated carbocycles. The molecule has 0 aliphatic heterocycles. The predicted molar refractivity (Wildman–Crippen MR) is 52.5 cm³/mol. The summed E-state index contributed by atoms with van der Waals surface area (Å²) < 4.78 is 5.19. The number of benzene rings is 1. The third kappa shape index (κ3) is 1.55. The standard InChI is InChI=1S/C11H7NO3/c12-4-3-8-6-15-10-2-1-7(11(13)14)5-9(8)10/h1-2,5-6H,3H2,(H,13,14). The third-order valence-electron chi connectivity index (χ3n) is 2.17. The summed E-state index contributed by atoms with van der Waals surface area (Å²) in [7, 11) is 0. The van der Waals surface area contributed by atoms with Crippen molar-refractivity contribution in [3.8, 4) is 6.07 Å². The van der Waals surface area contributed by atoms with Gasteiger partial charge < -0.3 is 9.52 Å². The Hall–Kier alpha value is -2.28. The Morgan fingerprint density at radius 1 is 1.53 bits per heavy atom. The fourth-order valence-corrected chi connectivity index (χ4v) is 1.44. The molecule has 0 aliphatic rings. The number of aromatic carboxylic acids is 1. The first-order chi connectivity index (χ1) is 7.22. The Balaban J connectivity index is 2.62. The smallest absolute Gasteiger partial charge is 0.335 e. The fraction of sp³-hybridized carbons (Fsp3) is 0.0909. The number of hydrogen-bond donors (Lipinski definition) is 1. The molecule has 4 heteroatoms. The van der Waals surface area contributed by atoms with Crippen LogP contribution in [0, 0.1) is 11.3 Å². The lowest BCUT2D eigenvalue weighted by Crippen LogP contribution is -1.95. The average molecular weight is 201 g/mol. The largest absolute Gasteiger partial charge is 0.478 e. The van der Waals surface area contributed by atoms with E-state index < -0.39 is 5.97 Å². The van der Waals surface area contributed by atoms with Gasteiger partial charge in [0, 0.05) is 10.9 Å². The summed E-state index contributed by atoms with van der Waals surface area (Å²) in [5, 5.41) is 18.1. The highest BCUT2D eigenvalue weighted by atomic mass is 16.4. The first kappa shape index (κ1) is 9.28. The van der Waals surface area contributed by atoms with Crippen LogP contribution in [0.3, 0.4) is 0 Å². The maximum atomic E-state index is 10.7. The second-order valence-electron chi connectivity index (χ2n) is 3.11. The van der Waals surface area contributed by atoms with Gasteiger partial charge in [-0.3, -0.25) is 0 Å². The van der Waals surface area contributed by atoms with Gasteiger partial charge in [-0.15, -0.1) is 0 Å². The van der Waals surface area contributed by atoms with Gasteiger partial charge in [-0.1, -0.05) is 0 Å². The molecule has 0 atom stereocenters. The van der Waals surface area contributed by atoms with E-state index in [1.54, 1.807) is 6.07 Å². The molecule has 1 N–H and O–H groups in total. The summed E-state index contributed by atoms with van der Waals surface area (Å²) in [4.78, 5) is 10.7. The van der Waals surface area contributed by atoms with Crippen molar-refractivity contribution in [3.05, 3.63) is 35.6 Å². The molecule has 2 aromatic rings. The second-order valence-corrected chi connectivity index (χ2v) is 3.11. The van der Waals surface area contributed by atoms with Crippen LogP contribution in [0.2, 0.25) is 0 Å². The highest BCUT2D eigenvalue weighted by Crippen LogP contribution is 2.22. The minimum Gasteiger partial charge on any atom is -0.478 e. The Labute approximate surface area is 85.4 Å². The first-order valence-corrected chi connectivity index (χ1v) is 4.32. The summed E-state index contributed by atoms with van der Waals surface area (Å²) >= 11 is 0. The molecule has 0 spiro atoms. The number of furan rings is 1. The number of carboxylic acid groups (broad SMARTS) is 1. The van der Waals surface area contributed by atoms with Crippen molar-refractivity contribution in [2.45, 2.75) is 6.42 Å². The van der Waals surface area contributed by atoms with E-state index in [1.165, 1.54) is 18.4 Å². The molecule has 0 bridgehead atoms. The van der Waals surface area contributed by atoms with Gasteiger partial charge in [-0.25, -0.2) is 4.79 Å². The number of nitriles is 1. The molecule has 1 aromatic heterocycles. The number of fused-ring (bicyclic) bond motifs is 1. The number of carboxylic acids is 1. The first-order valence-electron chi connectivity index (χ1n) is 4.32. The normalized spacial score (nSPS) is 10.1. The van der Waals surface area contributed by atoms with Gasteiger partial charge in [0.15, 0.2) is 0 Å². The summed E-state index contributed by atoms with van der Waals surface area (Å²) in [6, 6.07) is 6.60. The minimum atomic E-state index is -0.985. The van der Waals surface area contributed by atoms with E-state index in [4.69, 9.17) is 14.8 Å². The van der Waals surface area contributed by atoms with Crippen LogP contribution in [0.1, 0.15) is 15.9 Å². The van der Waals surface area contributed by atoms with E-state index in [9.17, 15) is 4.79 Å². The Morgan fingerprint density at radius 2 is 2.33 bits per heavy atom. The zero-order valence-corrected chi connectivity index (χ0v) is 7.73. The molecule has 4 nitrogen and oxygen atoms in total. The Morgan fingerprint density at radius 3 is 3.00 bits per heavy atom. The van der Waals surface area contributed by atoms with Gasteiger partial charge in [-0.05, 0) is 18.2 Å². The van der Waals surface area contributed by atoms with Crippen LogP contribution in [-0.2, 0) is 6.42 Å². The third-order valence-corrected chi connectivity index (χ3v) is 2.17. The van der Waals surface area contributed by atoms with Crippen molar-refractivity contribution in [2.24, 2.45) is 0 Å². The van der Waals surface area contributed by atoms with E-state index in [0.717, 1.165) is 5.56 Å². The number of carbonyl (C=O) groups is 1. The molecule has 2 rings (SSSR count). The Bertz CT molecular complexity index is 563. The lowest BCUT2D eigenvalue weighted by atomic mass is 10.1. The lowest BCUT2D eigenvalue weighted by Gasteiger charge is -1.94. The zero-order valence-electron chi connectivity index (χ0n) is 7.73. The van der Waals surface area contributed by atoms with Crippen molar-refractivity contribution < 1.29 is 14.3 Å². The van der Waals surface area contributed by atoms with Gasteiger partial charge in [0.05, 0.1) is 24.3 Å². The van der Waals surface area contributed by atoms with Gasteiger partial charge in [0.2, 0.25) is 0 Å².